The van der Waals surface area contributed by atoms with Gasteiger partial charge in [-0.25, -0.2) is 0 Å². The lowest BCUT2D eigenvalue weighted by Crippen LogP contribution is -2.18. The first kappa shape index (κ1) is 13.0. The molecule has 0 fully saturated rings. The molecule has 0 saturated carbocycles. The Labute approximate surface area is 109 Å². The van der Waals surface area contributed by atoms with E-state index in [2.05, 4.69) is 23.1 Å². The maximum Gasteiger partial charge on any atom is 0.0312 e. The van der Waals surface area contributed by atoms with Crippen LogP contribution in [-0.4, -0.2) is 16.6 Å². The third-order valence-corrected chi connectivity index (χ3v) is 4.39. The van der Waals surface area contributed by atoms with Crippen LogP contribution in [0, 0.1) is 0 Å². The highest BCUT2D eigenvalue weighted by Gasteiger charge is 2.19. The van der Waals surface area contributed by atoms with Gasteiger partial charge in [0.2, 0.25) is 0 Å². The van der Waals surface area contributed by atoms with Gasteiger partial charge in [0.15, 0.2) is 0 Å². The van der Waals surface area contributed by atoms with Crippen LogP contribution in [0.2, 0.25) is 0 Å². The topological polar surface area (TPSA) is 30.9 Å². The first-order valence-corrected chi connectivity index (χ1v) is 8.14. The van der Waals surface area contributed by atoms with E-state index in [0.717, 1.165) is 6.42 Å². The minimum absolute atomic E-state index is 0.288. The fourth-order valence-corrected chi connectivity index (χ4v) is 3.20. The largest absolute Gasteiger partial charge is 0.351 e. The molecule has 0 radical (unpaired) electrons. The second-order valence-corrected chi connectivity index (χ2v) is 5.95. The third kappa shape index (κ3) is 3.29. The molecule has 2 N–H and O–H groups in total. The van der Waals surface area contributed by atoms with Gasteiger partial charge in [-0.05, 0) is 55.7 Å². The van der Waals surface area contributed by atoms with Crippen molar-refractivity contribution in [2.75, 3.05) is 12.0 Å². The van der Waals surface area contributed by atoms with E-state index in [1.54, 1.807) is 0 Å². The zero-order valence-electron chi connectivity index (χ0n) is 10.8. The molecule has 0 aromatic carbocycles. The first-order valence-electron chi connectivity index (χ1n) is 6.75. The number of rotatable bonds is 6. The normalized spacial score (nSPS) is 19.3. The van der Waals surface area contributed by atoms with Gasteiger partial charge >= 0.3 is 0 Å². The van der Waals surface area contributed by atoms with Crippen LogP contribution >= 0.6 is 11.8 Å². The second-order valence-electron chi connectivity index (χ2n) is 4.96. The van der Waals surface area contributed by atoms with Crippen molar-refractivity contribution in [1.82, 2.24) is 4.57 Å². The number of aromatic nitrogens is 1. The Morgan fingerprint density at radius 1 is 1.41 bits per heavy atom. The van der Waals surface area contributed by atoms with Gasteiger partial charge in [-0.15, -0.1) is 0 Å². The molecular formula is C14H24N2S. The van der Waals surface area contributed by atoms with Gasteiger partial charge in [0.1, 0.15) is 0 Å². The summed E-state index contributed by atoms with van der Waals surface area (Å²) in [6.07, 6.45) is 12.1. The lowest BCUT2D eigenvalue weighted by molar-refractivity contribution is 0.525. The Hall–Kier alpha value is -0.410. The molecule has 2 rings (SSSR count). The van der Waals surface area contributed by atoms with Crippen LogP contribution in [0.5, 0.6) is 0 Å². The van der Waals surface area contributed by atoms with Crippen LogP contribution in [0.25, 0.3) is 0 Å². The van der Waals surface area contributed by atoms with Crippen molar-refractivity contribution >= 4 is 11.8 Å². The van der Waals surface area contributed by atoms with E-state index in [1.807, 2.05) is 11.8 Å². The zero-order chi connectivity index (χ0) is 12.1. The van der Waals surface area contributed by atoms with E-state index in [0.29, 0.717) is 0 Å². The summed E-state index contributed by atoms with van der Waals surface area (Å²) in [6, 6.07) is 2.53. The van der Waals surface area contributed by atoms with Crippen molar-refractivity contribution in [3.05, 3.63) is 23.5 Å². The van der Waals surface area contributed by atoms with Crippen molar-refractivity contribution in [2.24, 2.45) is 5.73 Å². The molecule has 96 valence electrons. The monoisotopic (exact) mass is 252 g/mol. The molecule has 1 unspecified atom stereocenters. The minimum Gasteiger partial charge on any atom is -0.351 e. The predicted molar refractivity (Wildman–Crippen MR) is 76.5 cm³/mol. The average Bonchev–Trinajstić information content (AvgIpc) is 2.74. The summed E-state index contributed by atoms with van der Waals surface area (Å²) in [6.45, 7) is 1.18. The highest BCUT2D eigenvalue weighted by Crippen LogP contribution is 2.28. The van der Waals surface area contributed by atoms with Crippen molar-refractivity contribution in [3.8, 4) is 0 Å². The molecule has 2 nitrogen and oxygen atoms in total. The number of unbranched alkanes of at least 4 members (excludes halogenated alkanes) is 2. The van der Waals surface area contributed by atoms with E-state index >= 15 is 0 Å². The van der Waals surface area contributed by atoms with E-state index in [1.165, 1.54) is 55.7 Å². The summed E-state index contributed by atoms with van der Waals surface area (Å²) in [4.78, 5) is 0. The highest BCUT2D eigenvalue weighted by atomic mass is 32.2. The molecule has 1 aliphatic carbocycles. The van der Waals surface area contributed by atoms with Gasteiger partial charge in [0, 0.05) is 24.5 Å². The minimum atomic E-state index is 0.288. The SMILES string of the molecule is CSCCCCCn1ccc2c1CCCC2N. The van der Waals surface area contributed by atoms with Gasteiger partial charge in [-0.2, -0.15) is 11.8 Å². The molecule has 0 saturated heterocycles. The van der Waals surface area contributed by atoms with E-state index in [9.17, 15) is 0 Å². The lowest BCUT2D eigenvalue weighted by Gasteiger charge is -2.21. The van der Waals surface area contributed by atoms with Crippen molar-refractivity contribution in [2.45, 2.75) is 51.1 Å². The lowest BCUT2D eigenvalue weighted by atomic mass is 9.93. The number of aryl methyl sites for hydroxylation is 1. The Bertz CT molecular complexity index is 346. The zero-order valence-corrected chi connectivity index (χ0v) is 11.6. The van der Waals surface area contributed by atoms with Crippen LogP contribution in [-0.2, 0) is 13.0 Å². The quantitative estimate of drug-likeness (QED) is 0.787. The Balaban J connectivity index is 1.85. The Morgan fingerprint density at radius 2 is 2.29 bits per heavy atom. The number of nitrogens with two attached hydrogens (primary N) is 1. The molecule has 0 aliphatic heterocycles. The molecule has 1 aliphatic rings. The molecule has 1 heterocycles. The Kier molecular flexibility index (Phi) is 4.99. The number of hydrogen-bond acceptors (Lipinski definition) is 2. The maximum absolute atomic E-state index is 6.14. The van der Waals surface area contributed by atoms with Crippen molar-refractivity contribution in [3.63, 3.8) is 0 Å². The summed E-state index contributed by atoms with van der Waals surface area (Å²) in [7, 11) is 0. The summed E-state index contributed by atoms with van der Waals surface area (Å²) in [5.41, 5.74) is 9.05. The smallest absolute Gasteiger partial charge is 0.0312 e. The van der Waals surface area contributed by atoms with E-state index in [4.69, 9.17) is 5.73 Å². The standard InChI is InChI=1S/C14H24N2S/c1-17-11-4-2-3-9-16-10-8-12-13(15)6-5-7-14(12)16/h8,10,13H,2-7,9,11,15H2,1H3. The molecule has 1 aromatic heterocycles. The van der Waals surface area contributed by atoms with Crippen LogP contribution in [0.1, 0.15) is 49.4 Å². The number of thioether (sulfide) groups is 1. The number of fused-ring (bicyclic) bond motifs is 1. The summed E-state index contributed by atoms with van der Waals surface area (Å²) >= 11 is 1.95. The molecule has 0 bridgehead atoms. The Morgan fingerprint density at radius 3 is 3.12 bits per heavy atom. The van der Waals surface area contributed by atoms with Crippen molar-refractivity contribution < 1.29 is 0 Å². The molecule has 17 heavy (non-hydrogen) atoms. The molecular weight excluding hydrogens is 228 g/mol. The molecule has 0 amide bonds. The summed E-state index contributed by atoms with van der Waals surface area (Å²) in [5.74, 6) is 1.30. The highest BCUT2D eigenvalue weighted by molar-refractivity contribution is 7.98. The van der Waals surface area contributed by atoms with Crippen LogP contribution in [0.15, 0.2) is 12.3 Å². The fourth-order valence-electron chi connectivity index (χ4n) is 2.71. The fraction of sp³-hybridized carbons (Fsp3) is 0.714. The molecule has 1 atom stereocenters. The molecule has 1 aromatic rings. The van der Waals surface area contributed by atoms with Gasteiger partial charge in [0.05, 0.1) is 0 Å². The number of nitrogens with zero attached hydrogens (tertiary/aromatic N) is 1. The van der Waals surface area contributed by atoms with Crippen molar-refractivity contribution in [1.29, 1.82) is 0 Å². The average molecular weight is 252 g/mol. The third-order valence-electron chi connectivity index (χ3n) is 3.69. The molecule has 3 heteroatoms. The van der Waals surface area contributed by atoms with Crippen LogP contribution in [0.3, 0.4) is 0 Å². The van der Waals surface area contributed by atoms with Gasteiger partial charge in [0.25, 0.3) is 0 Å². The number of hydrogen-bond donors (Lipinski definition) is 1. The maximum atomic E-state index is 6.14. The first-order chi connectivity index (χ1) is 8.33. The summed E-state index contributed by atoms with van der Waals surface area (Å²) < 4.78 is 2.44. The summed E-state index contributed by atoms with van der Waals surface area (Å²) in [5, 5.41) is 0. The van der Waals surface area contributed by atoms with Gasteiger partial charge in [-0.1, -0.05) is 6.42 Å². The van der Waals surface area contributed by atoms with E-state index in [-0.39, 0.29) is 6.04 Å². The van der Waals surface area contributed by atoms with Crippen LogP contribution in [0.4, 0.5) is 0 Å². The van der Waals surface area contributed by atoms with Gasteiger partial charge < -0.3 is 10.3 Å². The molecule has 0 spiro atoms. The predicted octanol–water partition coefficient (Wildman–Crippen LogP) is 3.36. The van der Waals surface area contributed by atoms with E-state index < -0.39 is 0 Å². The second kappa shape index (κ2) is 6.50. The van der Waals surface area contributed by atoms with Gasteiger partial charge in [-0.3, -0.25) is 0 Å². The van der Waals surface area contributed by atoms with Crippen LogP contribution < -0.4 is 5.73 Å².